The quantitative estimate of drug-likeness (QED) is 0.222. The van der Waals surface area contributed by atoms with Crippen LogP contribution in [0.25, 0.3) is 11.3 Å². The van der Waals surface area contributed by atoms with E-state index in [1.54, 1.807) is 30.3 Å². The highest BCUT2D eigenvalue weighted by molar-refractivity contribution is 8.00. The molecule has 1 aromatic heterocycles. The second kappa shape index (κ2) is 12.0. The summed E-state index contributed by atoms with van der Waals surface area (Å²) in [6.07, 6.45) is 2.26. The van der Waals surface area contributed by atoms with Crippen molar-refractivity contribution in [2.24, 2.45) is 0 Å². The monoisotopic (exact) mass is 535 g/mol. The summed E-state index contributed by atoms with van der Waals surface area (Å²) in [5, 5.41) is 16.9. The van der Waals surface area contributed by atoms with Gasteiger partial charge in [-0.1, -0.05) is 42.3 Å². The van der Waals surface area contributed by atoms with Gasteiger partial charge < -0.3 is 15.7 Å². The number of amides is 2. The second-order valence-electron chi connectivity index (χ2n) is 6.86. The minimum absolute atomic E-state index is 0.193. The highest BCUT2D eigenvalue weighted by Gasteiger charge is 2.20. The lowest BCUT2D eigenvalue weighted by molar-refractivity contribution is -0.131. The van der Waals surface area contributed by atoms with Crippen molar-refractivity contribution >= 4 is 74.9 Å². The summed E-state index contributed by atoms with van der Waals surface area (Å²) in [5.41, 5.74) is 1.97. The number of carboxylic acids is 1. The van der Waals surface area contributed by atoms with E-state index in [1.165, 1.54) is 23.1 Å². The molecule has 2 amide bonds. The van der Waals surface area contributed by atoms with E-state index in [-0.39, 0.29) is 5.91 Å². The van der Waals surface area contributed by atoms with Gasteiger partial charge in [-0.15, -0.1) is 23.1 Å². The Morgan fingerprint density at radius 1 is 1.12 bits per heavy atom. The number of halogens is 2. The summed E-state index contributed by atoms with van der Waals surface area (Å²) >= 11 is 14.7. The third kappa shape index (κ3) is 7.33. The molecule has 3 N–H and O–H groups in total. The van der Waals surface area contributed by atoms with Crippen LogP contribution in [0.15, 0.2) is 64.9 Å². The highest BCUT2D eigenvalue weighted by Crippen LogP contribution is 2.32. The van der Waals surface area contributed by atoms with Gasteiger partial charge in [0.1, 0.15) is 0 Å². The molecule has 1 unspecified atom stereocenters. The van der Waals surface area contributed by atoms with E-state index in [4.69, 9.17) is 28.3 Å². The first kappa shape index (κ1) is 25.8. The van der Waals surface area contributed by atoms with Gasteiger partial charge in [0.05, 0.1) is 21.0 Å². The molecular formula is C23H19Cl2N3O4S2. The van der Waals surface area contributed by atoms with Gasteiger partial charge in [0.2, 0.25) is 11.8 Å². The van der Waals surface area contributed by atoms with Crippen molar-refractivity contribution in [1.82, 2.24) is 4.98 Å². The van der Waals surface area contributed by atoms with Crippen LogP contribution in [-0.4, -0.2) is 33.1 Å². The molecule has 176 valence electrons. The van der Waals surface area contributed by atoms with Gasteiger partial charge in [0.25, 0.3) is 0 Å². The molecule has 0 bridgehead atoms. The number of rotatable bonds is 9. The van der Waals surface area contributed by atoms with Gasteiger partial charge in [0, 0.05) is 33.7 Å². The first-order valence-electron chi connectivity index (χ1n) is 9.95. The first-order valence-corrected chi connectivity index (χ1v) is 12.5. The van der Waals surface area contributed by atoms with Crippen LogP contribution in [0.2, 0.25) is 10.0 Å². The van der Waals surface area contributed by atoms with Crippen LogP contribution in [0.4, 0.5) is 10.8 Å². The van der Waals surface area contributed by atoms with E-state index >= 15 is 0 Å². The van der Waals surface area contributed by atoms with Crippen LogP contribution >= 0.6 is 46.3 Å². The normalized spacial score (nSPS) is 11.9. The molecule has 0 saturated heterocycles. The summed E-state index contributed by atoms with van der Waals surface area (Å²) in [4.78, 5) is 40.5. The molecule has 7 nitrogen and oxygen atoms in total. The molecule has 0 fully saturated rings. The molecule has 0 aliphatic rings. The third-order valence-corrected chi connectivity index (χ3v) is 7.22. The number of hydrogen-bond donors (Lipinski definition) is 3. The fraction of sp³-hybridized carbons (Fsp3) is 0.130. The molecule has 34 heavy (non-hydrogen) atoms. The Labute approximate surface area is 214 Å². The number of carbonyl (C=O) groups is 3. The van der Waals surface area contributed by atoms with Gasteiger partial charge in [-0.2, -0.15) is 0 Å². The largest absolute Gasteiger partial charge is 0.478 e. The molecule has 0 radical (unpaired) electrons. The molecule has 0 saturated carbocycles. The van der Waals surface area contributed by atoms with Crippen molar-refractivity contribution in [1.29, 1.82) is 0 Å². The maximum absolute atomic E-state index is 12.9. The number of nitrogens with one attached hydrogen (secondary N) is 2. The van der Waals surface area contributed by atoms with Gasteiger partial charge in [-0.25, -0.2) is 9.78 Å². The van der Waals surface area contributed by atoms with Crippen molar-refractivity contribution < 1.29 is 19.5 Å². The van der Waals surface area contributed by atoms with E-state index in [0.29, 0.717) is 33.0 Å². The molecule has 0 aliphatic heterocycles. The molecule has 11 heteroatoms. The molecule has 3 aromatic rings. The Kier molecular flexibility index (Phi) is 9.12. The summed E-state index contributed by atoms with van der Waals surface area (Å²) in [6.45, 7) is 1.91. The SMILES string of the molecule is CCC(Sc1cccc(NC(=O)/C=C/C(=O)O)c1)C(=O)Nc1nc(-c2ccc(Cl)c(Cl)c2)cs1. The van der Waals surface area contributed by atoms with E-state index < -0.39 is 17.1 Å². The topological polar surface area (TPSA) is 108 Å². The average Bonchev–Trinajstić information content (AvgIpc) is 3.26. The maximum atomic E-state index is 12.9. The van der Waals surface area contributed by atoms with E-state index in [2.05, 4.69) is 15.6 Å². The molecule has 1 atom stereocenters. The third-order valence-electron chi connectivity index (χ3n) is 4.37. The molecule has 2 aromatic carbocycles. The zero-order valence-electron chi connectivity index (χ0n) is 17.7. The number of hydrogen-bond acceptors (Lipinski definition) is 6. The number of carboxylic acid groups (broad SMARTS) is 1. The lowest BCUT2D eigenvalue weighted by atomic mass is 10.2. The molecular weight excluding hydrogens is 517 g/mol. The summed E-state index contributed by atoms with van der Waals surface area (Å²) < 4.78 is 0. The van der Waals surface area contributed by atoms with Crippen molar-refractivity contribution in [3.8, 4) is 11.3 Å². The summed E-state index contributed by atoms with van der Waals surface area (Å²) in [5.74, 6) is -1.96. The van der Waals surface area contributed by atoms with Crippen LogP contribution in [0.3, 0.4) is 0 Å². The minimum Gasteiger partial charge on any atom is -0.478 e. The number of nitrogens with zero attached hydrogens (tertiary/aromatic N) is 1. The van der Waals surface area contributed by atoms with Crippen LogP contribution in [0.5, 0.6) is 0 Å². The fourth-order valence-corrected chi connectivity index (χ4v) is 4.80. The zero-order valence-corrected chi connectivity index (χ0v) is 20.9. The Morgan fingerprint density at radius 3 is 2.62 bits per heavy atom. The van der Waals surface area contributed by atoms with Crippen molar-refractivity contribution in [2.45, 2.75) is 23.5 Å². The number of thiazole rings is 1. The van der Waals surface area contributed by atoms with Gasteiger partial charge in [-0.3, -0.25) is 9.59 Å². The first-order chi connectivity index (χ1) is 16.2. The number of carbonyl (C=O) groups excluding carboxylic acids is 2. The molecule has 0 spiro atoms. The number of anilines is 2. The van der Waals surface area contributed by atoms with Crippen molar-refractivity contribution in [3.05, 3.63) is 70.0 Å². The van der Waals surface area contributed by atoms with Crippen LogP contribution in [0.1, 0.15) is 13.3 Å². The molecule has 0 aliphatic carbocycles. The number of aliphatic carboxylic acids is 1. The van der Waals surface area contributed by atoms with E-state index in [1.807, 2.05) is 24.4 Å². The number of thioether (sulfide) groups is 1. The van der Waals surface area contributed by atoms with Gasteiger partial charge >= 0.3 is 5.97 Å². The Hall–Kier alpha value is -2.85. The lowest BCUT2D eigenvalue weighted by Gasteiger charge is -2.14. The molecule has 1 heterocycles. The Morgan fingerprint density at radius 2 is 1.91 bits per heavy atom. The number of aromatic nitrogens is 1. The maximum Gasteiger partial charge on any atom is 0.328 e. The second-order valence-corrected chi connectivity index (χ2v) is 9.81. The van der Waals surface area contributed by atoms with E-state index in [0.717, 1.165) is 22.6 Å². The Bertz CT molecular complexity index is 1250. The number of benzene rings is 2. The minimum atomic E-state index is -1.21. The van der Waals surface area contributed by atoms with Gasteiger partial charge in [-0.05, 0) is 36.8 Å². The zero-order chi connectivity index (χ0) is 24.7. The fourth-order valence-electron chi connectivity index (χ4n) is 2.77. The van der Waals surface area contributed by atoms with Crippen LogP contribution in [0, 0.1) is 0 Å². The van der Waals surface area contributed by atoms with Gasteiger partial charge in [0.15, 0.2) is 5.13 Å². The summed E-state index contributed by atoms with van der Waals surface area (Å²) in [6, 6.07) is 12.2. The predicted octanol–water partition coefficient (Wildman–Crippen LogP) is 6.21. The average molecular weight is 536 g/mol. The molecule has 3 rings (SSSR count). The van der Waals surface area contributed by atoms with Crippen molar-refractivity contribution in [3.63, 3.8) is 0 Å². The highest BCUT2D eigenvalue weighted by atomic mass is 35.5. The standard InChI is InChI=1S/C23H19Cl2N3O4S2/c1-2-19(34-15-5-3-4-14(11-15)26-20(29)8-9-21(30)31)22(32)28-23-27-18(12-33-23)13-6-7-16(24)17(25)10-13/h3-12,19H,2H2,1H3,(H,26,29)(H,30,31)(H,27,28,32)/b9-8+. The van der Waals surface area contributed by atoms with Crippen molar-refractivity contribution in [2.75, 3.05) is 10.6 Å². The smallest absolute Gasteiger partial charge is 0.328 e. The lowest BCUT2D eigenvalue weighted by Crippen LogP contribution is -2.24. The van der Waals surface area contributed by atoms with Crippen LogP contribution in [-0.2, 0) is 14.4 Å². The van der Waals surface area contributed by atoms with E-state index in [9.17, 15) is 14.4 Å². The van der Waals surface area contributed by atoms with Crippen LogP contribution < -0.4 is 10.6 Å². The Balaban J connectivity index is 1.64. The summed E-state index contributed by atoms with van der Waals surface area (Å²) in [7, 11) is 0. The predicted molar refractivity (Wildman–Crippen MR) is 138 cm³/mol.